The second-order valence-corrected chi connectivity index (χ2v) is 6.38. The molecule has 0 radical (unpaired) electrons. The number of fused-ring (bicyclic) bond motifs is 1. The number of hydrogen-bond acceptors (Lipinski definition) is 1. The lowest BCUT2D eigenvalue weighted by Gasteiger charge is -2.14. The fourth-order valence-corrected chi connectivity index (χ4v) is 2.97. The van der Waals surface area contributed by atoms with Crippen LogP contribution in [-0.2, 0) is 0 Å². The van der Waals surface area contributed by atoms with Crippen LogP contribution >= 0.6 is 23.2 Å². The summed E-state index contributed by atoms with van der Waals surface area (Å²) in [6, 6.07) is 12.1. The van der Waals surface area contributed by atoms with E-state index in [4.69, 9.17) is 23.2 Å². The van der Waals surface area contributed by atoms with Gasteiger partial charge in [0.15, 0.2) is 0 Å². The first-order valence-electron chi connectivity index (χ1n) is 6.87. The molecular formula is C17H16Cl2N2. The number of para-hydroxylation sites is 1. The van der Waals surface area contributed by atoms with Crippen LogP contribution in [0, 0.1) is 13.8 Å². The van der Waals surface area contributed by atoms with Gasteiger partial charge in [-0.1, -0.05) is 29.8 Å². The molecule has 1 atom stereocenters. The van der Waals surface area contributed by atoms with Crippen molar-refractivity contribution >= 4 is 34.2 Å². The fraction of sp³-hybridized carbons (Fsp3) is 0.235. The normalized spacial score (nSPS) is 12.8. The van der Waals surface area contributed by atoms with Crippen molar-refractivity contribution in [3.8, 4) is 5.69 Å². The second-order valence-electron chi connectivity index (χ2n) is 5.32. The van der Waals surface area contributed by atoms with E-state index in [1.54, 1.807) is 0 Å². The minimum absolute atomic E-state index is 0.201. The zero-order valence-corrected chi connectivity index (χ0v) is 13.7. The van der Waals surface area contributed by atoms with Gasteiger partial charge in [-0.2, -0.15) is 0 Å². The molecule has 108 valence electrons. The molecule has 0 aliphatic rings. The molecule has 2 aromatic carbocycles. The van der Waals surface area contributed by atoms with Crippen LogP contribution in [0.3, 0.4) is 0 Å². The lowest BCUT2D eigenvalue weighted by Crippen LogP contribution is -2.04. The van der Waals surface area contributed by atoms with E-state index >= 15 is 0 Å². The Morgan fingerprint density at radius 2 is 1.90 bits per heavy atom. The molecule has 2 nitrogen and oxygen atoms in total. The fourth-order valence-electron chi connectivity index (χ4n) is 2.57. The summed E-state index contributed by atoms with van der Waals surface area (Å²) in [4.78, 5) is 4.67. The van der Waals surface area contributed by atoms with Crippen molar-refractivity contribution in [3.05, 3.63) is 58.4 Å². The molecule has 1 heterocycles. The van der Waals surface area contributed by atoms with E-state index in [1.165, 1.54) is 11.1 Å². The summed E-state index contributed by atoms with van der Waals surface area (Å²) < 4.78 is 2.08. The summed E-state index contributed by atoms with van der Waals surface area (Å²) in [7, 11) is 0. The van der Waals surface area contributed by atoms with Gasteiger partial charge in [0.25, 0.3) is 0 Å². The summed E-state index contributed by atoms with van der Waals surface area (Å²) in [5, 5.41) is 0.484. The number of rotatable bonds is 2. The molecule has 0 amide bonds. The first kappa shape index (κ1) is 14.4. The Morgan fingerprint density at radius 3 is 2.62 bits per heavy atom. The predicted octanol–water partition coefficient (Wildman–Crippen LogP) is 5.60. The average Bonchev–Trinajstić information content (AvgIpc) is 2.82. The van der Waals surface area contributed by atoms with E-state index in [1.807, 2.05) is 25.1 Å². The first-order valence-corrected chi connectivity index (χ1v) is 7.69. The van der Waals surface area contributed by atoms with Crippen molar-refractivity contribution in [3.63, 3.8) is 0 Å². The van der Waals surface area contributed by atoms with Crippen molar-refractivity contribution in [2.75, 3.05) is 0 Å². The van der Waals surface area contributed by atoms with Crippen LogP contribution in [0.25, 0.3) is 16.7 Å². The molecule has 0 fully saturated rings. The van der Waals surface area contributed by atoms with E-state index in [0.29, 0.717) is 5.02 Å². The Morgan fingerprint density at radius 1 is 1.14 bits per heavy atom. The molecular weight excluding hydrogens is 303 g/mol. The van der Waals surface area contributed by atoms with Gasteiger partial charge < -0.3 is 0 Å². The smallest absolute Gasteiger partial charge is 0.132 e. The third kappa shape index (κ3) is 2.43. The lowest BCUT2D eigenvalue weighted by molar-refractivity contribution is 0.877. The monoisotopic (exact) mass is 318 g/mol. The Kier molecular flexibility index (Phi) is 3.68. The van der Waals surface area contributed by atoms with Gasteiger partial charge in [0.1, 0.15) is 5.82 Å². The minimum atomic E-state index is -0.201. The van der Waals surface area contributed by atoms with Crippen molar-refractivity contribution in [2.45, 2.75) is 26.1 Å². The molecule has 1 unspecified atom stereocenters. The van der Waals surface area contributed by atoms with Crippen LogP contribution < -0.4 is 0 Å². The molecule has 0 N–H and O–H groups in total. The Balaban J connectivity index is 2.44. The van der Waals surface area contributed by atoms with Gasteiger partial charge in [0.05, 0.1) is 27.1 Å². The van der Waals surface area contributed by atoms with E-state index in [2.05, 4.69) is 41.6 Å². The standard InChI is InChI=1S/C17H16Cl2N2/c1-10-7-8-11(2)15(9-10)21-16-13(19)5-4-6-14(16)20-17(21)12(3)18/h4-9,12H,1-3H3. The third-order valence-corrected chi connectivity index (χ3v) is 4.11. The van der Waals surface area contributed by atoms with Crippen molar-refractivity contribution in [1.82, 2.24) is 9.55 Å². The maximum atomic E-state index is 6.42. The molecule has 3 rings (SSSR count). The lowest BCUT2D eigenvalue weighted by atomic mass is 10.1. The summed E-state index contributed by atoms with van der Waals surface area (Å²) in [5.41, 5.74) is 5.21. The summed E-state index contributed by atoms with van der Waals surface area (Å²) in [6.07, 6.45) is 0. The van der Waals surface area contributed by atoms with E-state index in [9.17, 15) is 0 Å². The van der Waals surface area contributed by atoms with E-state index in [-0.39, 0.29) is 5.38 Å². The van der Waals surface area contributed by atoms with E-state index < -0.39 is 0 Å². The number of benzene rings is 2. The van der Waals surface area contributed by atoms with Gasteiger partial charge in [0, 0.05) is 0 Å². The van der Waals surface area contributed by atoms with Crippen LogP contribution in [0.15, 0.2) is 36.4 Å². The Bertz CT molecular complexity index is 819. The zero-order chi connectivity index (χ0) is 15.1. The molecule has 0 spiro atoms. The third-order valence-electron chi connectivity index (χ3n) is 3.61. The molecule has 0 saturated carbocycles. The number of aromatic nitrogens is 2. The number of alkyl halides is 1. The number of aryl methyl sites for hydroxylation is 2. The molecule has 0 saturated heterocycles. The molecule has 0 aliphatic heterocycles. The van der Waals surface area contributed by atoms with Crippen molar-refractivity contribution in [1.29, 1.82) is 0 Å². The van der Waals surface area contributed by atoms with Gasteiger partial charge in [-0.05, 0) is 50.1 Å². The number of hydrogen-bond donors (Lipinski definition) is 0. The molecule has 0 bridgehead atoms. The highest BCUT2D eigenvalue weighted by molar-refractivity contribution is 6.35. The van der Waals surface area contributed by atoms with Gasteiger partial charge in [0.2, 0.25) is 0 Å². The Labute approximate surface area is 134 Å². The largest absolute Gasteiger partial charge is 0.293 e. The topological polar surface area (TPSA) is 17.8 Å². The SMILES string of the molecule is Cc1ccc(C)c(-n2c(C(C)Cl)nc3cccc(Cl)c32)c1. The van der Waals surface area contributed by atoms with Gasteiger partial charge in [-0.25, -0.2) is 4.98 Å². The molecule has 3 aromatic rings. The summed E-state index contributed by atoms with van der Waals surface area (Å²) >= 11 is 12.8. The maximum absolute atomic E-state index is 6.42. The molecule has 1 aromatic heterocycles. The van der Waals surface area contributed by atoms with Crippen LogP contribution in [-0.4, -0.2) is 9.55 Å². The minimum Gasteiger partial charge on any atom is -0.293 e. The average molecular weight is 319 g/mol. The number of halogens is 2. The van der Waals surface area contributed by atoms with E-state index in [0.717, 1.165) is 22.5 Å². The maximum Gasteiger partial charge on any atom is 0.132 e. The molecule has 0 aliphatic carbocycles. The van der Waals surface area contributed by atoms with Gasteiger partial charge >= 0.3 is 0 Å². The van der Waals surface area contributed by atoms with Crippen LogP contribution in [0.4, 0.5) is 0 Å². The Hall–Kier alpha value is -1.51. The van der Waals surface area contributed by atoms with Gasteiger partial charge in [-0.15, -0.1) is 11.6 Å². The quantitative estimate of drug-likeness (QED) is 0.563. The summed E-state index contributed by atoms with van der Waals surface area (Å²) in [6.45, 7) is 6.09. The first-order chi connectivity index (χ1) is 9.99. The van der Waals surface area contributed by atoms with Gasteiger partial charge in [-0.3, -0.25) is 4.57 Å². The van der Waals surface area contributed by atoms with Crippen LogP contribution in [0.1, 0.15) is 29.3 Å². The van der Waals surface area contributed by atoms with Crippen LogP contribution in [0.2, 0.25) is 5.02 Å². The number of imidazole rings is 1. The van der Waals surface area contributed by atoms with Crippen molar-refractivity contribution in [2.24, 2.45) is 0 Å². The molecule has 21 heavy (non-hydrogen) atoms. The highest BCUT2D eigenvalue weighted by Crippen LogP contribution is 2.33. The zero-order valence-electron chi connectivity index (χ0n) is 12.2. The summed E-state index contributed by atoms with van der Waals surface area (Å²) in [5.74, 6) is 0.813. The second kappa shape index (κ2) is 5.36. The van der Waals surface area contributed by atoms with Crippen molar-refractivity contribution < 1.29 is 0 Å². The van der Waals surface area contributed by atoms with Crippen LogP contribution in [0.5, 0.6) is 0 Å². The highest BCUT2D eigenvalue weighted by Gasteiger charge is 2.19. The molecule has 4 heteroatoms. The number of nitrogens with zero attached hydrogens (tertiary/aromatic N) is 2. The highest BCUT2D eigenvalue weighted by atomic mass is 35.5. The predicted molar refractivity (Wildman–Crippen MR) is 89.8 cm³/mol.